The van der Waals surface area contributed by atoms with Gasteiger partial charge in [0.2, 0.25) is 5.65 Å². The molecule has 0 N–H and O–H groups in total. The fourth-order valence-electron chi connectivity index (χ4n) is 2.33. The van der Waals surface area contributed by atoms with E-state index in [1.54, 1.807) is 24.5 Å². The van der Waals surface area contributed by atoms with Crippen molar-refractivity contribution in [3.05, 3.63) is 73.7 Å². The first-order valence-corrected chi connectivity index (χ1v) is 7.87. The molecule has 0 saturated heterocycles. The Morgan fingerprint density at radius 1 is 1.25 bits per heavy atom. The maximum absolute atomic E-state index is 12.7. The average Bonchev–Trinajstić information content (AvgIpc) is 2.86. The Morgan fingerprint density at radius 2 is 2.00 bits per heavy atom. The molecule has 2 heterocycles. The minimum atomic E-state index is -0.370. The normalized spacial score (nSPS) is 11.0. The fourth-order valence-corrected chi connectivity index (χ4v) is 2.51. The summed E-state index contributed by atoms with van der Waals surface area (Å²) in [6.45, 7) is 6.10. The predicted octanol–water partition coefficient (Wildman–Crippen LogP) is 2.57. The van der Waals surface area contributed by atoms with Crippen LogP contribution in [-0.2, 0) is 6.54 Å². The second kappa shape index (κ2) is 6.13. The number of allylic oxidation sites excluding steroid dienone is 2. The fraction of sp³-hybridized carbons (Fsp3) is 0.235. The Balaban J connectivity index is 2.18. The molecule has 0 aliphatic carbocycles. The van der Waals surface area contributed by atoms with E-state index in [4.69, 9.17) is 11.6 Å². The van der Waals surface area contributed by atoms with Crippen LogP contribution in [0.15, 0.2) is 51.8 Å². The summed E-state index contributed by atoms with van der Waals surface area (Å²) in [5.74, 6) is 0. The molecule has 1 aromatic carbocycles. The number of benzene rings is 1. The summed E-state index contributed by atoms with van der Waals surface area (Å²) >= 11 is 6.14. The molecule has 6 nitrogen and oxygen atoms in total. The summed E-state index contributed by atoms with van der Waals surface area (Å²) < 4.78 is 3.96. The summed E-state index contributed by atoms with van der Waals surface area (Å²) in [5.41, 5.74) is 2.01. The highest BCUT2D eigenvalue weighted by Crippen LogP contribution is 2.18. The Morgan fingerprint density at radius 3 is 2.67 bits per heavy atom. The van der Waals surface area contributed by atoms with Crippen molar-refractivity contribution in [1.82, 2.24) is 18.7 Å². The largest absolute Gasteiger partial charge is 0.350 e. The van der Waals surface area contributed by atoms with Crippen molar-refractivity contribution in [2.45, 2.75) is 27.3 Å². The molecule has 0 atom stereocenters. The number of fused-ring (bicyclic) bond motifs is 1. The number of nitrogens with zero attached hydrogens (tertiary/aromatic N) is 4. The van der Waals surface area contributed by atoms with Crippen molar-refractivity contribution in [3.63, 3.8) is 0 Å². The number of aryl methyl sites for hydroxylation is 1. The molecule has 2 aromatic heterocycles. The molecule has 0 aliphatic rings. The number of halogens is 1. The minimum absolute atomic E-state index is 0.0846. The zero-order valence-electron chi connectivity index (χ0n) is 13.7. The standard InChI is InChI=1S/C17H17ClN4O2/c1-11(2)6-7-22-17(24)21-9-8-20(16(23)15(21)19-22)13-5-4-12(3)14(18)10-13/h4-6,8-10H,7H2,1-3H3. The lowest BCUT2D eigenvalue weighted by Crippen LogP contribution is -2.24. The van der Waals surface area contributed by atoms with Gasteiger partial charge in [0.1, 0.15) is 0 Å². The summed E-state index contributed by atoms with van der Waals surface area (Å²) in [5, 5.41) is 4.74. The SMILES string of the molecule is CC(C)=CCn1nc2c(=O)n(-c3ccc(C)c(Cl)c3)ccn2c1=O. The first-order valence-electron chi connectivity index (χ1n) is 7.49. The van der Waals surface area contributed by atoms with Gasteiger partial charge in [-0.15, -0.1) is 5.10 Å². The van der Waals surface area contributed by atoms with Crippen LogP contribution in [0.25, 0.3) is 11.3 Å². The van der Waals surface area contributed by atoms with Gasteiger partial charge in [-0.25, -0.2) is 13.9 Å². The van der Waals surface area contributed by atoms with E-state index in [1.807, 2.05) is 32.9 Å². The molecule has 24 heavy (non-hydrogen) atoms. The maximum Gasteiger partial charge on any atom is 0.350 e. The molecule has 0 saturated carbocycles. The Bertz CT molecular complexity index is 1070. The Labute approximate surface area is 143 Å². The lowest BCUT2D eigenvalue weighted by molar-refractivity contribution is 0.669. The van der Waals surface area contributed by atoms with Gasteiger partial charge < -0.3 is 0 Å². The number of hydrogen-bond donors (Lipinski definition) is 0. The Hall–Kier alpha value is -2.60. The van der Waals surface area contributed by atoms with Crippen LogP contribution in [0.3, 0.4) is 0 Å². The van der Waals surface area contributed by atoms with E-state index in [0.717, 1.165) is 11.1 Å². The molecule has 3 rings (SSSR count). The van der Waals surface area contributed by atoms with Crippen molar-refractivity contribution in [3.8, 4) is 5.69 Å². The zero-order valence-corrected chi connectivity index (χ0v) is 14.4. The van der Waals surface area contributed by atoms with Crippen LogP contribution in [0, 0.1) is 6.92 Å². The van der Waals surface area contributed by atoms with E-state index in [-0.39, 0.29) is 16.9 Å². The van der Waals surface area contributed by atoms with Crippen LogP contribution in [-0.4, -0.2) is 18.7 Å². The molecule has 0 amide bonds. The van der Waals surface area contributed by atoms with E-state index < -0.39 is 0 Å². The van der Waals surface area contributed by atoms with Gasteiger partial charge in [0.15, 0.2) is 0 Å². The van der Waals surface area contributed by atoms with E-state index >= 15 is 0 Å². The number of hydrogen-bond acceptors (Lipinski definition) is 3. The number of aromatic nitrogens is 4. The van der Waals surface area contributed by atoms with Gasteiger partial charge >= 0.3 is 11.2 Å². The monoisotopic (exact) mass is 344 g/mol. The highest BCUT2D eigenvalue weighted by Gasteiger charge is 2.12. The molecule has 3 aromatic rings. The smallest absolute Gasteiger partial charge is 0.280 e. The second-order valence-electron chi connectivity index (χ2n) is 5.85. The van der Waals surface area contributed by atoms with Crippen LogP contribution in [0.4, 0.5) is 0 Å². The minimum Gasteiger partial charge on any atom is -0.280 e. The summed E-state index contributed by atoms with van der Waals surface area (Å²) in [4.78, 5) is 25.0. The van der Waals surface area contributed by atoms with Gasteiger partial charge in [0.05, 0.1) is 12.2 Å². The lowest BCUT2D eigenvalue weighted by Gasteiger charge is -2.07. The van der Waals surface area contributed by atoms with Crippen molar-refractivity contribution >= 4 is 17.2 Å². The second-order valence-corrected chi connectivity index (χ2v) is 6.25. The highest BCUT2D eigenvalue weighted by atomic mass is 35.5. The first-order chi connectivity index (χ1) is 11.4. The van der Waals surface area contributed by atoms with Crippen LogP contribution >= 0.6 is 11.6 Å². The average molecular weight is 345 g/mol. The molecular weight excluding hydrogens is 328 g/mol. The number of rotatable bonds is 3. The van der Waals surface area contributed by atoms with Gasteiger partial charge in [-0.1, -0.05) is 29.3 Å². The van der Waals surface area contributed by atoms with Gasteiger partial charge in [-0.2, -0.15) is 0 Å². The van der Waals surface area contributed by atoms with E-state index in [1.165, 1.54) is 13.6 Å². The summed E-state index contributed by atoms with van der Waals surface area (Å²) in [6.07, 6.45) is 4.97. The lowest BCUT2D eigenvalue weighted by atomic mass is 10.2. The third kappa shape index (κ3) is 2.80. The van der Waals surface area contributed by atoms with Crippen molar-refractivity contribution in [2.75, 3.05) is 0 Å². The van der Waals surface area contributed by atoms with Crippen LogP contribution in [0.5, 0.6) is 0 Å². The van der Waals surface area contributed by atoms with E-state index in [2.05, 4.69) is 5.10 Å². The molecule has 0 spiro atoms. The van der Waals surface area contributed by atoms with Gasteiger partial charge in [0, 0.05) is 17.4 Å². The van der Waals surface area contributed by atoms with E-state index in [9.17, 15) is 9.59 Å². The molecule has 0 bridgehead atoms. The highest BCUT2D eigenvalue weighted by molar-refractivity contribution is 6.31. The molecule has 124 valence electrons. The summed E-state index contributed by atoms with van der Waals surface area (Å²) in [7, 11) is 0. The molecule has 7 heteroatoms. The third-order valence-electron chi connectivity index (χ3n) is 3.75. The molecule has 0 unspecified atom stereocenters. The third-order valence-corrected chi connectivity index (χ3v) is 4.16. The molecule has 0 fully saturated rings. The maximum atomic E-state index is 12.7. The molecular formula is C17H17ClN4O2. The molecule has 0 aliphatic heterocycles. The van der Waals surface area contributed by atoms with Crippen molar-refractivity contribution in [1.29, 1.82) is 0 Å². The van der Waals surface area contributed by atoms with E-state index in [0.29, 0.717) is 17.3 Å². The van der Waals surface area contributed by atoms with Gasteiger partial charge in [0.25, 0.3) is 0 Å². The topological polar surface area (TPSA) is 61.3 Å². The van der Waals surface area contributed by atoms with Gasteiger partial charge in [-0.05, 0) is 38.5 Å². The van der Waals surface area contributed by atoms with Gasteiger partial charge in [-0.3, -0.25) is 9.36 Å². The predicted molar refractivity (Wildman–Crippen MR) is 94.2 cm³/mol. The van der Waals surface area contributed by atoms with Crippen molar-refractivity contribution in [2.24, 2.45) is 0 Å². The quantitative estimate of drug-likeness (QED) is 0.686. The van der Waals surface area contributed by atoms with Crippen LogP contribution in [0.1, 0.15) is 19.4 Å². The Kier molecular flexibility index (Phi) is 4.15. The van der Waals surface area contributed by atoms with Crippen molar-refractivity contribution < 1.29 is 0 Å². The summed E-state index contributed by atoms with van der Waals surface area (Å²) in [6, 6.07) is 5.36. The van der Waals surface area contributed by atoms with Crippen LogP contribution in [0.2, 0.25) is 5.02 Å². The first kappa shape index (κ1) is 16.3. The molecule has 0 radical (unpaired) electrons. The van der Waals surface area contributed by atoms with Crippen LogP contribution < -0.4 is 11.2 Å². The zero-order chi connectivity index (χ0) is 17.4.